The van der Waals surface area contributed by atoms with E-state index in [9.17, 15) is 9.59 Å². The van der Waals surface area contributed by atoms with Crippen LogP contribution in [0.15, 0.2) is 12.4 Å². The quantitative estimate of drug-likeness (QED) is 0.488. The number of aromatic nitrogens is 2. The summed E-state index contributed by atoms with van der Waals surface area (Å²) < 4.78 is 13.9. The first kappa shape index (κ1) is 27.7. The minimum absolute atomic E-state index is 0.0256. The SMILES string of the molecule is COC1C[C@H]2[C@@H]3CC[C@H](C(C)COC(=O)N4CCN(C(=O)c5cnn(C)c5)CC4)[C@@]3(C)CC[C@@H]2[C@@]2(C)CC[C@@H]3C[C@@]132. The minimum atomic E-state index is -0.234. The predicted molar refractivity (Wildman–Crippen MR) is 155 cm³/mol. The first-order valence-electron chi connectivity index (χ1n) is 16.3. The van der Waals surface area contributed by atoms with Crippen LogP contribution in [0.3, 0.4) is 0 Å². The van der Waals surface area contributed by atoms with Crippen molar-refractivity contribution in [3.63, 3.8) is 0 Å². The molecular formula is C33H50N4O4. The number of carbonyl (C=O) groups is 2. The second-order valence-corrected chi connectivity index (χ2v) is 15.2. The largest absolute Gasteiger partial charge is 0.449 e. The van der Waals surface area contributed by atoms with Gasteiger partial charge in [0.25, 0.3) is 5.91 Å². The highest BCUT2D eigenvalue weighted by Gasteiger charge is 2.77. The number of hydrogen-bond acceptors (Lipinski definition) is 5. The lowest BCUT2D eigenvalue weighted by molar-refractivity contribution is -0.161. The van der Waals surface area contributed by atoms with Crippen LogP contribution >= 0.6 is 0 Å². The molecule has 1 aliphatic heterocycles. The zero-order valence-corrected chi connectivity index (χ0v) is 25.8. The molecule has 1 aromatic heterocycles. The van der Waals surface area contributed by atoms with E-state index in [4.69, 9.17) is 9.47 Å². The Labute approximate surface area is 245 Å². The Bertz CT molecular complexity index is 1190. The van der Waals surface area contributed by atoms with Crippen LogP contribution in [0, 0.1) is 51.8 Å². The first-order chi connectivity index (χ1) is 19.6. The number of nitrogens with zero attached hydrogens (tertiary/aromatic N) is 4. The highest BCUT2D eigenvalue weighted by Crippen LogP contribution is 2.82. The minimum Gasteiger partial charge on any atom is -0.449 e. The Morgan fingerprint density at radius 1 is 1.05 bits per heavy atom. The number of aryl methyl sites for hydroxylation is 1. The summed E-state index contributed by atoms with van der Waals surface area (Å²) in [5.41, 5.74) is 1.86. The maximum absolute atomic E-state index is 13.0. The van der Waals surface area contributed by atoms with E-state index < -0.39 is 0 Å². The summed E-state index contributed by atoms with van der Waals surface area (Å²) in [7, 11) is 3.78. The van der Waals surface area contributed by atoms with Gasteiger partial charge >= 0.3 is 6.09 Å². The molecule has 0 aromatic carbocycles. The van der Waals surface area contributed by atoms with Crippen LogP contribution in [0.25, 0.3) is 0 Å². The van der Waals surface area contributed by atoms with Crippen LogP contribution in [0.1, 0.15) is 82.5 Å². The van der Waals surface area contributed by atoms with Gasteiger partial charge in [0.15, 0.2) is 0 Å². The number of hydrogen-bond donors (Lipinski definition) is 0. The molecule has 8 heteroatoms. The van der Waals surface area contributed by atoms with Crippen molar-refractivity contribution in [2.24, 2.45) is 58.8 Å². The van der Waals surface area contributed by atoms with Gasteiger partial charge in [0.1, 0.15) is 0 Å². The third-order valence-corrected chi connectivity index (χ3v) is 13.8. The molecule has 2 amide bonds. The van der Waals surface area contributed by atoms with Crippen molar-refractivity contribution in [2.75, 3.05) is 39.9 Å². The molecule has 7 rings (SSSR count). The van der Waals surface area contributed by atoms with Crippen molar-refractivity contribution in [3.8, 4) is 0 Å². The summed E-state index contributed by atoms with van der Waals surface area (Å²) in [6, 6.07) is 0. The Morgan fingerprint density at radius 2 is 1.80 bits per heavy atom. The molecule has 8 nitrogen and oxygen atoms in total. The van der Waals surface area contributed by atoms with Gasteiger partial charge in [-0.15, -0.1) is 0 Å². The van der Waals surface area contributed by atoms with Crippen LogP contribution in [-0.2, 0) is 16.5 Å². The Kier molecular flexibility index (Phi) is 6.57. The number of piperazine rings is 1. The van der Waals surface area contributed by atoms with E-state index in [-0.39, 0.29) is 12.0 Å². The fourth-order valence-electron chi connectivity index (χ4n) is 11.8. The second-order valence-electron chi connectivity index (χ2n) is 15.2. The van der Waals surface area contributed by atoms with E-state index in [0.29, 0.717) is 72.5 Å². The number of ether oxygens (including phenoxy) is 2. The lowest BCUT2D eigenvalue weighted by Crippen LogP contribution is -2.57. The Balaban J connectivity index is 0.949. The molecule has 6 aliphatic rings. The van der Waals surface area contributed by atoms with Gasteiger partial charge in [-0.05, 0) is 97.7 Å². The molecule has 10 atom stereocenters. The zero-order valence-electron chi connectivity index (χ0n) is 25.8. The zero-order chi connectivity index (χ0) is 28.7. The molecule has 1 aromatic rings. The average molecular weight is 567 g/mol. The van der Waals surface area contributed by atoms with Gasteiger partial charge in [-0.25, -0.2) is 4.79 Å². The third-order valence-electron chi connectivity index (χ3n) is 13.8. The monoisotopic (exact) mass is 566 g/mol. The van der Waals surface area contributed by atoms with E-state index in [2.05, 4.69) is 25.9 Å². The van der Waals surface area contributed by atoms with Gasteiger partial charge in [-0.1, -0.05) is 20.8 Å². The number of methoxy groups -OCH3 is 1. The standard InChI is InChI=1S/C33H50N4O4/c1-21(20-41-30(39)37-14-12-36(13-15-37)29(38)22-18-34-35(4)19-22)25-6-7-26-24-16-28(40-5)33-17-23(33)8-11-32(33,3)27(24)9-10-31(25,26)2/h18-19,21,23-28H,6-17,20H2,1-5H3/t21?,23-,24+,25-,26+,27+,28?,31-,32-,33+/m1/s1. The number of fused-ring (bicyclic) bond motifs is 4. The molecule has 5 aliphatic carbocycles. The van der Waals surface area contributed by atoms with Gasteiger partial charge in [0.2, 0.25) is 0 Å². The maximum Gasteiger partial charge on any atom is 0.409 e. The van der Waals surface area contributed by atoms with Crippen molar-refractivity contribution in [1.29, 1.82) is 0 Å². The summed E-state index contributed by atoms with van der Waals surface area (Å²) in [5.74, 6) is 4.23. The summed E-state index contributed by atoms with van der Waals surface area (Å²) >= 11 is 0. The number of amides is 2. The van der Waals surface area contributed by atoms with Crippen molar-refractivity contribution in [2.45, 2.75) is 78.2 Å². The van der Waals surface area contributed by atoms with Crippen LogP contribution in [0.2, 0.25) is 0 Å². The fraction of sp³-hybridized carbons (Fsp3) is 0.848. The molecule has 41 heavy (non-hydrogen) atoms. The second kappa shape index (κ2) is 9.72. The van der Waals surface area contributed by atoms with Gasteiger partial charge in [0, 0.05) is 51.9 Å². The molecule has 1 saturated heterocycles. The summed E-state index contributed by atoms with van der Waals surface area (Å²) in [4.78, 5) is 29.3. The van der Waals surface area contributed by atoms with Crippen molar-refractivity contribution in [3.05, 3.63) is 18.0 Å². The molecule has 5 saturated carbocycles. The van der Waals surface area contributed by atoms with Crippen molar-refractivity contribution in [1.82, 2.24) is 19.6 Å². The smallest absolute Gasteiger partial charge is 0.409 e. The molecule has 6 fully saturated rings. The van der Waals surface area contributed by atoms with Gasteiger partial charge in [-0.3, -0.25) is 9.48 Å². The summed E-state index contributed by atoms with van der Waals surface area (Å²) in [6.07, 6.45) is 14.3. The predicted octanol–water partition coefficient (Wildman–Crippen LogP) is 5.23. The molecule has 2 unspecified atom stereocenters. The summed E-state index contributed by atoms with van der Waals surface area (Å²) in [6.45, 7) is 10.1. The van der Waals surface area contributed by atoms with E-state index >= 15 is 0 Å². The van der Waals surface area contributed by atoms with E-state index in [1.165, 1.54) is 51.4 Å². The van der Waals surface area contributed by atoms with Gasteiger partial charge in [-0.2, -0.15) is 5.10 Å². The van der Waals surface area contributed by atoms with E-state index in [1.807, 2.05) is 14.2 Å². The van der Waals surface area contributed by atoms with Crippen LogP contribution in [0.5, 0.6) is 0 Å². The van der Waals surface area contributed by atoms with Crippen LogP contribution in [-0.4, -0.2) is 77.6 Å². The Hall–Kier alpha value is -2.09. The lowest BCUT2D eigenvalue weighted by Gasteiger charge is -2.61. The van der Waals surface area contributed by atoms with Gasteiger partial charge in [0.05, 0.1) is 24.5 Å². The molecule has 2 heterocycles. The highest BCUT2D eigenvalue weighted by atomic mass is 16.6. The molecule has 1 spiro atoms. The van der Waals surface area contributed by atoms with Crippen LogP contribution < -0.4 is 0 Å². The fourth-order valence-corrected chi connectivity index (χ4v) is 11.8. The van der Waals surface area contributed by atoms with Crippen LogP contribution in [0.4, 0.5) is 4.79 Å². The number of carbonyl (C=O) groups excluding carboxylic acids is 2. The van der Waals surface area contributed by atoms with Gasteiger partial charge < -0.3 is 19.3 Å². The Morgan fingerprint density at radius 3 is 2.49 bits per heavy atom. The molecule has 0 bridgehead atoms. The topological polar surface area (TPSA) is 76.9 Å². The van der Waals surface area contributed by atoms with Crippen molar-refractivity contribution >= 4 is 12.0 Å². The van der Waals surface area contributed by atoms with E-state index in [0.717, 1.165) is 23.7 Å². The normalized spacial score (nSPS) is 43.5. The van der Waals surface area contributed by atoms with Crippen molar-refractivity contribution < 1.29 is 19.1 Å². The molecule has 226 valence electrons. The first-order valence-corrected chi connectivity index (χ1v) is 16.3. The molecule has 0 radical (unpaired) electrons. The molecule has 0 N–H and O–H groups in total. The third kappa shape index (κ3) is 3.97. The van der Waals surface area contributed by atoms with E-state index in [1.54, 1.807) is 26.9 Å². The number of rotatable bonds is 5. The highest BCUT2D eigenvalue weighted by molar-refractivity contribution is 5.93. The average Bonchev–Trinajstić information content (AvgIpc) is 3.20. The lowest BCUT2D eigenvalue weighted by atomic mass is 9.45. The maximum atomic E-state index is 13.0. The summed E-state index contributed by atoms with van der Waals surface area (Å²) in [5, 5.41) is 4.11. The molecular weight excluding hydrogens is 516 g/mol.